The SMILES string of the molecule is CN(C)S(=O)(=O)NC1CCC2OCCOC2C1. The molecule has 0 amide bonds. The van der Waals surface area contributed by atoms with Crippen molar-refractivity contribution in [1.29, 1.82) is 0 Å². The van der Waals surface area contributed by atoms with Gasteiger partial charge in [-0.05, 0) is 19.3 Å². The topological polar surface area (TPSA) is 67.9 Å². The van der Waals surface area contributed by atoms with Gasteiger partial charge in [0.25, 0.3) is 10.2 Å². The van der Waals surface area contributed by atoms with E-state index in [1.54, 1.807) is 0 Å². The molecule has 1 heterocycles. The van der Waals surface area contributed by atoms with E-state index in [1.165, 1.54) is 18.4 Å². The van der Waals surface area contributed by atoms with E-state index in [0.29, 0.717) is 19.6 Å². The van der Waals surface area contributed by atoms with Crippen molar-refractivity contribution in [3.05, 3.63) is 0 Å². The predicted octanol–water partition coefficient (Wildman–Crippen LogP) is -0.281. The third-order valence-corrected chi connectivity index (χ3v) is 4.87. The molecular formula is C10H20N2O4S. The standard InChI is InChI=1S/C10H20N2O4S/c1-12(2)17(13,14)11-8-3-4-9-10(7-8)16-6-5-15-9/h8-11H,3-7H2,1-2H3. The summed E-state index contributed by atoms with van der Waals surface area (Å²) in [6.45, 7) is 1.25. The molecule has 0 aromatic rings. The Hall–Kier alpha value is -0.210. The first-order valence-electron chi connectivity index (χ1n) is 5.92. The highest BCUT2D eigenvalue weighted by Gasteiger charge is 2.35. The minimum absolute atomic E-state index is 0.0346. The molecule has 3 atom stereocenters. The average Bonchev–Trinajstić information content (AvgIpc) is 2.28. The first-order chi connectivity index (χ1) is 7.99. The molecule has 100 valence electrons. The Balaban J connectivity index is 1.92. The van der Waals surface area contributed by atoms with Crippen molar-refractivity contribution < 1.29 is 17.9 Å². The largest absolute Gasteiger partial charge is 0.373 e. The lowest BCUT2D eigenvalue weighted by molar-refractivity contribution is -0.156. The van der Waals surface area contributed by atoms with Crippen LogP contribution in [-0.4, -0.2) is 58.3 Å². The molecule has 6 nitrogen and oxygen atoms in total. The highest BCUT2D eigenvalue weighted by atomic mass is 32.2. The lowest BCUT2D eigenvalue weighted by atomic mass is 9.90. The molecular weight excluding hydrogens is 244 g/mol. The second-order valence-electron chi connectivity index (χ2n) is 4.73. The van der Waals surface area contributed by atoms with Crippen LogP contribution < -0.4 is 4.72 Å². The van der Waals surface area contributed by atoms with Gasteiger partial charge in [0.2, 0.25) is 0 Å². The van der Waals surface area contributed by atoms with Crippen LogP contribution in [0, 0.1) is 0 Å². The fourth-order valence-electron chi connectivity index (χ4n) is 2.29. The maximum atomic E-state index is 11.7. The molecule has 2 fully saturated rings. The van der Waals surface area contributed by atoms with Crippen LogP contribution in [0.2, 0.25) is 0 Å². The summed E-state index contributed by atoms with van der Waals surface area (Å²) in [6.07, 6.45) is 2.52. The van der Waals surface area contributed by atoms with E-state index in [1.807, 2.05) is 0 Å². The lowest BCUT2D eigenvalue weighted by Crippen LogP contribution is -2.51. The summed E-state index contributed by atoms with van der Waals surface area (Å²) >= 11 is 0. The molecule has 1 N–H and O–H groups in total. The molecule has 0 spiro atoms. The van der Waals surface area contributed by atoms with Gasteiger partial charge in [-0.25, -0.2) is 0 Å². The summed E-state index contributed by atoms with van der Waals surface area (Å²) in [4.78, 5) is 0. The van der Waals surface area contributed by atoms with E-state index in [-0.39, 0.29) is 18.2 Å². The van der Waals surface area contributed by atoms with E-state index in [2.05, 4.69) is 4.72 Å². The van der Waals surface area contributed by atoms with E-state index in [4.69, 9.17) is 9.47 Å². The number of rotatable bonds is 3. The highest BCUT2D eigenvalue weighted by molar-refractivity contribution is 7.87. The van der Waals surface area contributed by atoms with Gasteiger partial charge in [-0.3, -0.25) is 0 Å². The lowest BCUT2D eigenvalue weighted by Gasteiger charge is -2.39. The summed E-state index contributed by atoms with van der Waals surface area (Å²) in [7, 11) is -0.305. The molecule has 2 aliphatic rings. The van der Waals surface area contributed by atoms with Crippen molar-refractivity contribution in [2.24, 2.45) is 0 Å². The van der Waals surface area contributed by atoms with Crippen molar-refractivity contribution in [3.8, 4) is 0 Å². The quantitative estimate of drug-likeness (QED) is 0.761. The van der Waals surface area contributed by atoms with Crippen LogP contribution in [0.25, 0.3) is 0 Å². The molecule has 1 saturated heterocycles. The van der Waals surface area contributed by atoms with Gasteiger partial charge in [-0.2, -0.15) is 17.4 Å². The Morgan fingerprint density at radius 2 is 1.76 bits per heavy atom. The van der Waals surface area contributed by atoms with Crippen LogP contribution in [0.5, 0.6) is 0 Å². The summed E-state index contributed by atoms with van der Waals surface area (Å²) in [5, 5.41) is 0. The number of ether oxygens (including phenoxy) is 2. The van der Waals surface area contributed by atoms with Gasteiger partial charge in [0.05, 0.1) is 25.4 Å². The van der Waals surface area contributed by atoms with Crippen molar-refractivity contribution >= 4 is 10.2 Å². The second-order valence-corrected chi connectivity index (χ2v) is 6.65. The van der Waals surface area contributed by atoms with Gasteiger partial charge < -0.3 is 9.47 Å². The van der Waals surface area contributed by atoms with Crippen LogP contribution in [0.1, 0.15) is 19.3 Å². The van der Waals surface area contributed by atoms with Crippen LogP contribution >= 0.6 is 0 Å². The maximum absolute atomic E-state index is 11.7. The molecule has 0 aromatic heterocycles. The van der Waals surface area contributed by atoms with E-state index < -0.39 is 10.2 Å². The number of hydrogen-bond donors (Lipinski definition) is 1. The van der Waals surface area contributed by atoms with Crippen LogP contribution in [0.4, 0.5) is 0 Å². The second kappa shape index (κ2) is 5.19. The first-order valence-corrected chi connectivity index (χ1v) is 7.36. The fraction of sp³-hybridized carbons (Fsp3) is 1.00. The molecule has 1 aliphatic carbocycles. The number of nitrogens with zero attached hydrogens (tertiary/aromatic N) is 1. The van der Waals surface area contributed by atoms with Gasteiger partial charge in [0.15, 0.2) is 0 Å². The Labute approximate surface area is 102 Å². The van der Waals surface area contributed by atoms with Crippen molar-refractivity contribution in [2.45, 2.75) is 37.5 Å². The summed E-state index contributed by atoms with van der Waals surface area (Å²) in [5.41, 5.74) is 0. The molecule has 7 heteroatoms. The molecule has 0 bridgehead atoms. The first kappa shape index (κ1) is 13.2. The molecule has 3 unspecified atom stereocenters. The zero-order chi connectivity index (χ0) is 12.5. The molecule has 1 aliphatic heterocycles. The normalized spacial score (nSPS) is 34.6. The summed E-state index contributed by atoms with van der Waals surface area (Å²) < 4.78 is 38.5. The van der Waals surface area contributed by atoms with E-state index >= 15 is 0 Å². The minimum Gasteiger partial charge on any atom is -0.373 e. The average molecular weight is 264 g/mol. The van der Waals surface area contributed by atoms with Crippen molar-refractivity contribution in [1.82, 2.24) is 9.03 Å². The maximum Gasteiger partial charge on any atom is 0.279 e. The predicted molar refractivity (Wildman–Crippen MR) is 62.9 cm³/mol. The third-order valence-electron chi connectivity index (χ3n) is 3.27. The van der Waals surface area contributed by atoms with Crippen molar-refractivity contribution in [2.75, 3.05) is 27.3 Å². The molecule has 1 saturated carbocycles. The van der Waals surface area contributed by atoms with Gasteiger partial charge in [0, 0.05) is 20.1 Å². The van der Waals surface area contributed by atoms with Crippen molar-refractivity contribution in [3.63, 3.8) is 0 Å². The number of nitrogens with one attached hydrogen (secondary N) is 1. The fourth-order valence-corrected chi connectivity index (χ4v) is 3.14. The smallest absolute Gasteiger partial charge is 0.279 e. The van der Waals surface area contributed by atoms with E-state index in [9.17, 15) is 8.42 Å². The molecule has 0 aromatic carbocycles. The summed E-state index contributed by atoms with van der Waals surface area (Å²) in [6, 6.07) is -0.0506. The van der Waals surface area contributed by atoms with Gasteiger partial charge in [-0.1, -0.05) is 0 Å². The molecule has 0 radical (unpaired) electrons. The van der Waals surface area contributed by atoms with Crippen LogP contribution in [0.15, 0.2) is 0 Å². The Morgan fingerprint density at radius 3 is 2.41 bits per heavy atom. The highest BCUT2D eigenvalue weighted by Crippen LogP contribution is 2.27. The Bertz CT molecular complexity index is 357. The Morgan fingerprint density at radius 1 is 1.12 bits per heavy atom. The molecule has 2 rings (SSSR count). The zero-order valence-corrected chi connectivity index (χ0v) is 11.1. The Kier molecular flexibility index (Phi) is 4.04. The van der Waals surface area contributed by atoms with E-state index in [0.717, 1.165) is 12.8 Å². The van der Waals surface area contributed by atoms with Gasteiger partial charge in [-0.15, -0.1) is 0 Å². The van der Waals surface area contributed by atoms with Gasteiger partial charge >= 0.3 is 0 Å². The number of fused-ring (bicyclic) bond motifs is 1. The number of hydrogen-bond acceptors (Lipinski definition) is 4. The molecule has 17 heavy (non-hydrogen) atoms. The monoisotopic (exact) mass is 264 g/mol. The third kappa shape index (κ3) is 3.17. The summed E-state index contributed by atoms with van der Waals surface area (Å²) in [5.74, 6) is 0. The minimum atomic E-state index is -3.35. The van der Waals surface area contributed by atoms with Crippen LogP contribution in [0.3, 0.4) is 0 Å². The van der Waals surface area contributed by atoms with Gasteiger partial charge in [0.1, 0.15) is 0 Å². The zero-order valence-electron chi connectivity index (χ0n) is 10.3. The van der Waals surface area contributed by atoms with Crippen LogP contribution in [-0.2, 0) is 19.7 Å².